The van der Waals surface area contributed by atoms with Gasteiger partial charge in [-0.3, -0.25) is 9.80 Å². The molecule has 2 aliphatic rings. The van der Waals surface area contributed by atoms with Crippen molar-refractivity contribution in [2.75, 3.05) is 26.2 Å². The Bertz CT molecular complexity index is 243. The largest absolute Gasteiger partial charge is 0.299 e. The zero-order valence-corrected chi connectivity index (χ0v) is 9.78. The number of rotatable bonds is 2. The molecule has 0 aromatic heterocycles. The quantitative estimate of drug-likeness (QED) is 0.633. The highest BCUT2D eigenvalue weighted by Crippen LogP contribution is 2.22. The molecule has 2 heteroatoms. The molecule has 0 aliphatic carbocycles. The van der Waals surface area contributed by atoms with Crippen molar-refractivity contribution in [3.8, 4) is 12.3 Å². The van der Waals surface area contributed by atoms with E-state index in [-0.39, 0.29) is 0 Å². The van der Waals surface area contributed by atoms with Gasteiger partial charge in [-0.15, -0.1) is 12.3 Å². The number of nitrogens with zero attached hydrogens (tertiary/aromatic N) is 2. The average molecular weight is 206 g/mol. The summed E-state index contributed by atoms with van der Waals surface area (Å²) in [5.41, 5.74) is 0. The van der Waals surface area contributed by atoms with E-state index >= 15 is 0 Å². The standard InChI is InChI=1S/C13H22N2/c1-3-6-12(2)15-10-5-9-14-8-4-7-13(14)11-15/h1,12-13H,4-11H2,2H3. The first-order valence-electron chi connectivity index (χ1n) is 6.23. The lowest BCUT2D eigenvalue weighted by atomic mass is 10.1. The summed E-state index contributed by atoms with van der Waals surface area (Å²) in [6, 6.07) is 1.38. The Morgan fingerprint density at radius 3 is 2.93 bits per heavy atom. The molecule has 2 fully saturated rings. The molecule has 0 amide bonds. The van der Waals surface area contributed by atoms with Crippen molar-refractivity contribution in [2.24, 2.45) is 0 Å². The number of fused-ring (bicyclic) bond motifs is 1. The van der Waals surface area contributed by atoms with Crippen molar-refractivity contribution in [1.29, 1.82) is 0 Å². The minimum Gasteiger partial charge on any atom is -0.299 e. The molecule has 0 N–H and O–H groups in total. The van der Waals surface area contributed by atoms with Crippen molar-refractivity contribution in [1.82, 2.24) is 9.80 Å². The molecule has 2 atom stereocenters. The first-order chi connectivity index (χ1) is 7.31. The Morgan fingerprint density at radius 2 is 2.13 bits per heavy atom. The molecular weight excluding hydrogens is 184 g/mol. The van der Waals surface area contributed by atoms with Crippen LogP contribution in [-0.2, 0) is 0 Å². The van der Waals surface area contributed by atoms with Gasteiger partial charge in [-0.1, -0.05) is 0 Å². The molecule has 0 bridgehead atoms. The lowest BCUT2D eigenvalue weighted by molar-refractivity contribution is 0.183. The van der Waals surface area contributed by atoms with Crippen LogP contribution in [0.25, 0.3) is 0 Å². The van der Waals surface area contributed by atoms with E-state index in [1.165, 1.54) is 45.4 Å². The van der Waals surface area contributed by atoms with Crippen LogP contribution >= 0.6 is 0 Å². The molecule has 0 aromatic rings. The van der Waals surface area contributed by atoms with Gasteiger partial charge in [-0.05, 0) is 45.8 Å². The summed E-state index contributed by atoms with van der Waals surface area (Å²) in [7, 11) is 0. The smallest absolute Gasteiger partial charge is 0.0240 e. The van der Waals surface area contributed by atoms with Crippen LogP contribution in [-0.4, -0.2) is 48.1 Å². The number of terminal acetylenes is 1. The summed E-state index contributed by atoms with van der Waals surface area (Å²) in [4.78, 5) is 5.26. The second-order valence-electron chi connectivity index (χ2n) is 4.94. The highest BCUT2D eigenvalue weighted by Gasteiger charge is 2.29. The van der Waals surface area contributed by atoms with Crippen LogP contribution in [0.4, 0.5) is 0 Å². The zero-order chi connectivity index (χ0) is 10.7. The Balaban J connectivity index is 1.93. The van der Waals surface area contributed by atoms with Crippen molar-refractivity contribution in [3.63, 3.8) is 0 Å². The highest BCUT2D eigenvalue weighted by atomic mass is 15.3. The van der Waals surface area contributed by atoms with Crippen LogP contribution < -0.4 is 0 Å². The van der Waals surface area contributed by atoms with Gasteiger partial charge in [0.05, 0.1) is 0 Å². The van der Waals surface area contributed by atoms with Crippen LogP contribution in [0.3, 0.4) is 0 Å². The Hall–Kier alpha value is -0.520. The molecule has 84 valence electrons. The molecule has 0 saturated carbocycles. The monoisotopic (exact) mass is 206 g/mol. The molecule has 2 saturated heterocycles. The zero-order valence-electron chi connectivity index (χ0n) is 9.78. The van der Waals surface area contributed by atoms with Gasteiger partial charge in [-0.25, -0.2) is 0 Å². The van der Waals surface area contributed by atoms with Gasteiger partial charge in [0.2, 0.25) is 0 Å². The van der Waals surface area contributed by atoms with E-state index in [9.17, 15) is 0 Å². The van der Waals surface area contributed by atoms with Gasteiger partial charge < -0.3 is 0 Å². The Kier molecular flexibility index (Phi) is 3.66. The van der Waals surface area contributed by atoms with E-state index in [1.54, 1.807) is 0 Å². The summed E-state index contributed by atoms with van der Waals surface area (Å²) in [5.74, 6) is 2.79. The molecule has 2 nitrogen and oxygen atoms in total. The van der Waals surface area contributed by atoms with E-state index in [4.69, 9.17) is 6.42 Å². The van der Waals surface area contributed by atoms with Crippen molar-refractivity contribution in [3.05, 3.63) is 0 Å². The van der Waals surface area contributed by atoms with Crippen LogP contribution in [0, 0.1) is 12.3 Å². The molecule has 2 heterocycles. The van der Waals surface area contributed by atoms with Gasteiger partial charge >= 0.3 is 0 Å². The molecule has 2 rings (SSSR count). The van der Waals surface area contributed by atoms with Crippen LogP contribution in [0.2, 0.25) is 0 Å². The van der Waals surface area contributed by atoms with Crippen LogP contribution in [0.1, 0.15) is 32.6 Å². The van der Waals surface area contributed by atoms with E-state index in [0.29, 0.717) is 6.04 Å². The lowest BCUT2D eigenvalue weighted by Crippen LogP contribution is -2.40. The molecule has 0 aromatic carbocycles. The second-order valence-corrected chi connectivity index (χ2v) is 4.94. The van der Waals surface area contributed by atoms with Gasteiger partial charge in [0.15, 0.2) is 0 Å². The molecule has 15 heavy (non-hydrogen) atoms. The van der Waals surface area contributed by atoms with Gasteiger partial charge in [-0.2, -0.15) is 0 Å². The number of hydrogen-bond acceptors (Lipinski definition) is 2. The maximum absolute atomic E-state index is 5.39. The summed E-state index contributed by atoms with van der Waals surface area (Å²) >= 11 is 0. The molecule has 2 aliphatic heterocycles. The number of hydrogen-bond donors (Lipinski definition) is 0. The van der Waals surface area contributed by atoms with Crippen molar-refractivity contribution in [2.45, 2.75) is 44.7 Å². The summed E-state index contributed by atoms with van der Waals surface area (Å²) in [5, 5.41) is 0. The van der Waals surface area contributed by atoms with Crippen LogP contribution in [0.15, 0.2) is 0 Å². The van der Waals surface area contributed by atoms with E-state index in [2.05, 4.69) is 22.6 Å². The van der Waals surface area contributed by atoms with Crippen molar-refractivity contribution >= 4 is 0 Å². The van der Waals surface area contributed by atoms with Gasteiger partial charge in [0.1, 0.15) is 0 Å². The first kappa shape index (κ1) is 11.0. The molecule has 0 radical (unpaired) electrons. The Morgan fingerprint density at radius 1 is 1.33 bits per heavy atom. The minimum atomic E-state index is 0.565. The fourth-order valence-corrected chi connectivity index (χ4v) is 2.94. The van der Waals surface area contributed by atoms with Gasteiger partial charge in [0, 0.05) is 25.0 Å². The third-order valence-electron chi connectivity index (χ3n) is 3.87. The van der Waals surface area contributed by atoms with Crippen LogP contribution in [0.5, 0.6) is 0 Å². The maximum atomic E-state index is 5.39. The molecule has 2 unspecified atom stereocenters. The summed E-state index contributed by atoms with van der Waals surface area (Å²) < 4.78 is 0. The van der Waals surface area contributed by atoms with E-state index in [1.807, 2.05) is 0 Å². The topological polar surface area (TPSA) is 6.48 Å². The molecular formula is C13H22N2. The normalized spacial score (nSPS) is 30.5. The third kappa shape index (κ3) is 2.53. The first-order valence-corrected chi connectivity index (χ1v) is 6.23. The second kappa shape index (κ2) is 5.01. The minimum absolute atomic E-state index is 0.565. The predicted octanol–water partition coefficient (Wildman–Crippen LogP) is 1.57. The van der Waals surface area contributed by atoms with Crippen molar-refractivity contribution < 1.29 is 0 Å². The predicted molar refractivity (Wildman–Crippen MR) is 63.7 cm³/mol. The maximum Gasteiger partial charge on any atom is 0.0240 e. The SMILES string of the molecule is C#CCC(C)N1CCCN2CCCC2C1. The third-order valence-corrected chi connectivity index (χ3v) is 3.87. The summed E-state index contributed by atoms with van der Waals surface area (Å²) in [6.07, 6.45) is 10.4. The highest BCUT2D eigenvalue weighted by molar-refractivity contribution is 4.92. The fraction of sp³-hybridized carbons (Fsp3) is 0.846. The Labute approximate surface area is 93.6 Å². The van der Waals surface area contributed by atoms with Gasteiger partial charge in [0.25, 0.3) is 0 Å². The fourth-order valence-electron chi connectivity index (χ4n) is 2.94. The van der Waals surface area contributed by atoms with E-state index < -0.39 is 0 Å². The molecule has 0 spiro atoms. The van der Waals surface area contributed by atoms with E-state index in [0.717, 1.165) is 12.5 Å². The average Bonchev–Trinajstić information content (AvgIpc) is 2.56. The summed E-state index contributed by atoms with van der Waals surface area (Å²) in [6.45, 7) is 7.36. The lowest BCUT2D eigenvalue weighted by Gasteiger charge is -2.29.